The van der Waals surface area contributed by atoms with Gasteiger partial charge in [-0.15, -0.1) is 0 Å². The number of amides is 1. The average molecular weight is 364 g/mol. The molecule has 116 valence electrons. The van der Waals surface area contributed by atoms with Gasteiger partial charge in [0, 0.05) is 21.9 Å². The molecule has 6 heteroatoms. The third-order valence-electron chi connectivity index (χ3n) is 3.16. The normalized spacial score (nSPS) is 10.5. The number of rotatable bonds is 6. The van der Waals surface area contributed by atoms with Gasteiger partial charge in [0.05, 0.1) is 6.33 Å². The van der Waals surface area contributed by atoms with Crippen LogP contribution in [0, 0.1) is 0 Å². The van der Waals surface area contributed by atoms with Gasteiger partial charge < -0.3 is 5.32 Å². The van der Waals surface area contributed by atoms with Gasteiger partial charge in [-0.3, -0.25) is 14.2 Å². The number of hydrogen-bond acceptors (Lipinski definition) is 3. The third-order valence-corrected chi connectivity index (χ3v) is 3.69. The zero-order valence-corrected chi connectivity index (χ0v) is 14.0. The summed E-state index contributed by atoms with van der Waals surface area (Å²) in [6.07, 6.45) is 4.28. The van der Waals surface area contributed by atoms with E-state index in [0.29, 0.717) is 5.69 Å². The maximum Gasteiger partial charge on any atom is 0.253 e. The zero-order chi connectivity index (χ0) is 15.9. The topological polar surface area (TPSA) is 64.0 Å². The number of carbonyl (C=O) groups is 1. The van der Waals surface area contributed by atoms with Crippen LogP contribution in [0.15, 0.2) is 45.9 Å². The number of hydrogen-bond donors (Lipinski definition) is 1. The SMILES string of the molecule is CCCCc1cc(=O)n(CC(=O)Nc2ccc(Br)cc2)cn1. The number of aryl methyl sites for hydroxylation is 1. The Morgan fingerprint density at radius 3 is 2.68 bits per heavy atom. The van der Waals surface area contributed by atoms with Crippen molar-refractivity contribution < 1.29 is 4.79 Å². The van der Waals surface area contributed by atoms with E-state index in [1.54, 1.807) is 12.1 Å². The molecule has 0 aliphatic heterocycles. The predicted molar refractivity (Wildman–Crippen MR) is 89.9 cm³/mol. The summed E-state index contributed by atoms with van der Waals surface area (Å²) in [5.74, 6) is -0.257. The molecule has 1 aromatic heterocycles. The average Bonchev–Trinajstić information content (AvgIpc) is 2.50. The summed E-state index contributed by atoms with van der Waals surface area (Å²) in [4.78, 5) is 28.2. The van der Waals surface area contributed by atoms with Crippen LogP contribution in [0.5, 0.6) is 0 Å². The van der Waals surface area contributed by atoms with Crippen molar-refractivity contribution in [2.24, 2.45) is 0 Å². The van der Waals surface area contributed by atoms with Crippen LogP contribution in [0.2, 0.25) is 0 Å². The van der Waals surface area contributed by atoms with E-state index in [1.165, 1.54) is 17.0 Å². The fourth-order valence-corrected chi connectivity index (χ4v) is 2.23. The number of halogens is 1. The second-order valence-electron chi connectivity index (χ2n) is 5.01. The zero-order valence-electron chi connectivity index (χ0n) is 12.4. The van der Waals surface area contributed by atoms with Crippen molar-refractivity contribution in [3.05, 3.63) is 57.2 Å². The van der Waals surface area contributed by atoms with Crippen molar-refractivity contribution in [1.29, 1.82) is 0 Å². The highest BCUT2D eigenvalue weighted by atomic mass is 79.9. The van der Waals surface area contributed by atoms with E-state index < -0.39 is 0 Å². The summed E-state index contributed by atoms with van der Waals surface area (Å²) in [7, 11) is 0. The summed E-state index contributed by atoms with van der Waals surface area (Å²) in [6, 6.07) is 8.76. The molecule has 22 heavy (non-hydrogen) atoms. The van der Waals surface area contributed by atoms with E-state index in [1.807, 2.05) is 12.1 Å². The number of nitrogens with one attached hydrogen (secondary N) is 1. The molecule has 0 radical (unpaired) electrons. The van der Waals surface area contributed by atoms with Crippen molar-refractivity contribution in [1.82, 2.24) is 9.55 Å². The van der Waals surface area contributed by atoms with Gasteiger partial charge >= 0.3 is 0 Å². The summed E-state index contributed by atoms with van der Waals surface area (Å²) in [6.45, 7) is 2.05. The highest BCUT2D eigenvalue weighted by molar-refractivity contribution is 9.10. The van der Waals surface area contributed by atoms with E-state index in [9.17, 15) is 9.59 Å². The number of benzene rings is 1. The van der Waals surface area contributed by atoms with Gasteiger partial charge in [-0.25, -0.2) is 4.98 Å². The van der Waals surface area contributed by atoms with E-state index >= 15 is 0 Å². The van der Waals surface area contributed by atoms with Crippen LogP contribution in [0.3, 0.4) is 0 Å². The van der Waals surface area contributed by atoms with Gasteiger partial charge in [0.1, 0.15) is 6.54 Å². The Hall–Kier alpha value is -1.95. The lowest BCUT2D eigenvalue weighted by atomic mass is 10.2. The molecule has 0 saturated carbocycles. The van der Waals surface area contributed by atoms with Gasteiger partial charge in [-0.05, 0) is 37.1 Å². The van der Waals surface area contributed by atoms with E-state index in [4.69, 9.17) is 0 Å². The lowest BCUT2D eigenvalue weighted by molar-refractivity contribution is -0.116. The van der Waals surface area contributed by atoms with Crippen molar-refractivity contribution in [3.63, 3.8) is 0 Å². The Bertz CT molecular complexity index is 695. The Labute approximate surface area is 137 Å². The number of anilines is 1. The summed E-state index contributed by atoms with van der Waals surface area (Å²) in [5, 5.41) is 2.75. The van der Waals surface area contributed by atoms with Gasteiger partial charge in [-0.2, -0.15) is 0 Å². The molecule has 0 saturated heterocycles. The maximum absolute atomic E-state index is 12.0. The third kappa shape index (κ3) is 4.80. The Morgan fingerprint density at radius 1 is 1.32 bits per heavy atom. The number of nitrogens with zero attached hydrogens (tertiary/aromatic N) is 2. The first kappa shape index (κ1) is 16.4. The molecule has 5 nitrogen and oxygen atoms in total. The molecule has 0 aliphatic carbocycles. The molecule has 0 unspecified atom stereocenters. The van der Waals surface area contributed by atoms with Crippen LogP contribution >= 0.6 is 15.9 Å². The summed E-state index contributed by atoms with van der Waals surface area (Å²) >= 11 is 3.33. The predicted octanol–water partition coefficient (Wildman–Crippen LogP) is 2.99. The Morgan fingerprint density at radius 2 is 2.05 bits per heavy atom. The molecule has 2 rings (SSSR count). The smallest absolute Gasteiger partial charge is 0.253 e. The van der Waals surface area contributed by atoms with Crippen LogP contribution < -0.4 is 10.9 Å². The fraction of sp³-hybridized carbons (Fsp3) is 0.312. The molecule has 0 aliphatic rings. The first-order valence-corrected chi connectivity index (χ1v) is 7.98. The molecule has 1 heterocycles. The first-order chi connectivity index (χ1) is 10.6. The van der Waals surface area contributed by atoms with Crippen molar-refractivity contribution >= 4 is 27.5 Å². The van der Waals surface area contributed by atoms with E-state index in [-0.39, 0.29) is 18.0 Å². The Balaban J connectivity index is 1.99. The standard InChI is InChI=1S/C16H18BrN3O2/c1-2-3-4-14-9-16(22)20(11-18-14)10-15(21)19-13-7-5-12(17)6-8-13/h5-9,11H,2-4,10H2,1H3,(H,19,21). The largest absolute Gasteiger partial charge is 0.325 e. The highest BCUT2D eigenvalue weighted by Crippen LogP contribution is 2.13. The lowest BCUT2D eigenvalue weighted by Gasteiger charge is -2.08. The molecule has 0 atom stereocenters. The van der Waals surface area contributed by atoms with Gasteiger partial charge in [0.2, 0.25) is 5.91 Å². The summed E-state index contributed by atoms with van der Waals surface area (Å²) < 4.78 is 2.25. The molecule has 1 N–H and O–H groups in total. The number of aromatic nitrogens is 2. The van der Waals surface area contributed by atoms with Gasteiger partial charge in [0.25, 0.3) is 5.56 Å². The minimum atomic E-state index is -0.257. The highest BCUT2D eigenvalue weighted by Gasteiger charge is 2.06. The van der Waals surface area contributed by atoms with Crippen LogP contribution in [0.4, 0.5) is 5.69 Å². The summed E-state index contributed by atoms with van der Waals surface area (Å²) in [5.41, 5.74) is 1.26. The maximum atomic E-state index is 12.0. The van der Waals surface area contributed by atoms with E-state index in [2.05, 4.69) is 33.2 Å². The number of carbonyl (C=O) groups excluding carboxylic acids is 1. The molecule has 2 aromatic rings. The molecule has 1 amide bonds. The molecule has 0 fully saturated rings. The number of unbranched alkanes of at least 4 members (excludes halogenated alkanes) is 1. The van der Waals surface area contributed by atoms with Crippen molar-refractivity contribution in [3.8, 4) is 0 Å². The van der Waals surface area contributed by atoms with Crippen molar-refractivity contribution in [2.45, 2.75) is 32.7 Å². The second kappa shape index (κ2) is 7.89. The van der Waals surface area contributed by atoms with Crippen LogP contribution in [0.1, 0.15) is 25.5 Å². The van der Waals surface area contributed by atoms with E-state index in [0.717, 1.165) is 29.4 Å². The fourth-order valence-electron chi connectivity index (χ4n) is 1.97. The van der Waals surface area contributed by atoms with Gasteiger partial charge in [-0.1, -0.05) is 29.3 Å². The first-order valence-electron chi connectivity index (χ1n) is 7.19. The lowest BCUT2D eigenvalue weighted by Crippen LogP contribution is -2.27. The molecule has 0 spiro atoms. The van der Waals surface area contributed by atoms with Crippen LogP contribution in [-0.4, -0.2) is 15.5 Å². The molecular weight excluding hydrogens is 346 g/mol. The van der Waals surface area contributed by atoms with Crippen molar-refractivity contribution in [2.75, 3.05) is 5.32 Å². The molecular formula is C16H18BrN3O2. The Kier molecular flexibility index (Phi) is 5.89. The minimum absolute atomic E-state index is 0.0457. The quantitative estimate of drug-likeness (QED) is 0.857. The molecule has 1 aromatic carbocycles. The minimum Gasteiger partial charge on any atom is -0.325 e. The van der Waals surface area contributed by atoms with Crippen LogP contribution in [-0.2, 0) is 17.8 Å². The second-order valence-corrected chi connectivity index (χ2v) is 5.92. The van der Waals surface area contributed by atoms with Crippen LogP contribution in [0.25, 0.3) is 0 Å². The van der Waals surface area contributed by atoms with Gasteiger partial charge in [0.15, 0.2) is 0 Å². The monoisotopic (exact) mass is 363 g/mol. The molecule has 0 bridgehead atoms.